The molecule has 4 nitrogen and oxygen atoms in total. The molecule has 0 bridgehead atoms. The molecule has 0 N–H and O–H groups in total. The second-order valence-corrected chi connectivity index (χ2v) is 5.54. The van der Waals surface area contributed by atoms with Crippen molar-refractivity contribution in [1.82, 2.24) is 0 Å². The predicted molar refractivity (Wildman–Crippen MR) is 86.8 cm³/mol. The van der Waals surface area contributed by atoms with Gasteiger partial charge in [-0.15, -0.1) is 0 Å². The fourth-order valence-electron chi connectivity index (χ4n) is 2.26. The van der Waals surface area contributed by atoms with Crippen LogP contribution < -0.4 is 14.2 Å². The molecular weight excluding hydrogens is 280 g/mol. The molecule has 2 rings (SSSR count). The van der Waals surface area contributed by atoms with Gasteiger partial charge in [-0.3, -0.25) is 0 Å². The summed E-state index contributed by atoms with van der Waals surface area (Å²) in [7, 11) is 0. The van der Waals surface area contributed by atoms with Gasteiger partial charge in [0.15, 0.2) is 11.5 Å². The summed E-state index contributed by atoms with van der Waals surface area (Å²) in [5.74, 6) is 2.36. The van der Waals surface area contributed by atoms with Crippen molar-refractivity contribution in [3.05, 3.63) is 29.8 Å². The quantitative estimate of drug-likeness (QED) is 0.502. The van der Waals surface area contributed by atoms with Gasteiger partial charge in [-0.05, 0) is 45.2 Å². The van der Waals surface area contributed by atoms with Crippen molar-refractivity contribution in [3.8, 4) is 17.2 Å². The molecule has 1 aromatic rings. The van der Waals surface area contributed by atoms with E-state index in [1.165, 1.54) is 5.57 Å². The fraction of sp³-hybridized carbons (Fsp3) is 0.556. The second-order valence-electron chi connectivity index (χ2n) is 5.54. The van der Waals surface area contributed by atoms with Crippen molar-refractivity contribution in [2.75, 3.05) is 20.0 Å². The Morgan fingerprint density at radius 1 is 1.23 bits per heavy atom. The maximum atomic E-state index is 5.76. The van der Waals surface area contributed by atoms with E-state index in [0.717, 1.165) is 43.1 Å². The minimum Gasteiger partial charge on any atom is -0.493 e. The highest BCUT2D eigenvalue weighted by Crippen LogP contribution is 2.35. The van der Waals surface area contributed by atoms with E-state index < -0.39 is 0 Å². The predicted octanol–water partition coefficient (Wildman–Crippen LogP) is 4.34. The van der Waals surface area contributed by atoms with Crippen LogP contribution in [0.5, 0.6) is 17.2 Å². The third-order valence-corrected chi connectivity index (χ3v) is 3.49. The Morgan fingerprint density at radius 3 is 2.82 bits per heavy atom. The molecule has 0 saturated heterocycles. The number of ether oxygens (including phenoxy) is 4. The number of hydrogen-bond donors (Lipinski definition) is 0. The summed E-state index contributed by atoms with van der Waals surface area (Å²) in [6.07, 6.45) is 5.52. The third kappa shape index (κ3) is 5.26. The van der Waals surface area contributed by atoms with Gasteiger partial charge in [-0.1, -0.05) is 18.6 Å². The summed E-state index contributed by atoms with van der Waals surface area (Å²) in [4.78, 5) is 0. The molecule has 1 aliphatic rings. The molecule has 0 saturated carbocycles. The molecule has 1 aromatic carbocycles. The van der Waals surface area contributed by atoms with Gasteiger partial charge < -0.3 is 18.9 Å². The van der Waals surface area contributed by atoms with Gasteiger partial charge in [0, 0.05) is 6.07 Å². The first kappa shape index (κ1) is 16.7. The molecule has 0 atom stereocenters. The average Bonchev–Trinajstić information content (AvgIpc) is 2.97. The minimum atomic E-state index is 0.292. The lowest BCUT2D eigenvalue weighted by atomic mass is 10.1. The molecule has 22 heavy (non-hydrogen) atoms. The summed E-state index contributed by atoms with van der Waals surface area (Å²) in [5.41, 5.74) is 1.43. The van der Waals surface area contributed by atoms with Gasteiger partial charge in [0.05, 0.1) is 19.3 Å². The fourth-order valence-corrected chi connectivity index (χ4v) is 2.26. The van der Waals surface area contributed by atoms with Crippen molar-refractivity contribution >= 4 is 0 Å². The van der Waals surface area contributed by atoms with E-state index in [0.29, 0.717) is 19.5 Å². The van der Waals surface area contributed by atoms with Gasteiger partial charge in [-0.25, -0.2) is 0 Å². The smallest absolute Gasteiger partial charge is 0.231 e. The van der Waals surface area contributed by atoms with Crippen molar-refractivity contribution in [2.45, 2.75) is 46.1 Å². The van der Waals surface area contributed by atoms with Crippen LogP contribution in [0.4, 0.5) is 0 Å². The first-order valence-electron chi connectivity index (χ1n) is 8.01. The molecule has 0 radical (unpaired) electrons. The highest BCUT2D eigenvalue weighted by molar-refractivity contribution is 5.46. The second kappa shape index (κ2) is 8.69. The lowest BCUT2D eigenvalue weighted by Crippen LogP contribution is -2.04. The Bertz CT molecular complexity index is 494. The molecule has 0 unspecified atom stereocenters. The highest BCUT2D eigenvalue weighted by Gasteiger charge is 2.13. The van der Waals surface area contributed by atoms with Crippen LogP contribution in [-0.4, -0.2) is 26.1 Å². The zero-order valence-corrected chi connectivity index (χ0v) is 13.8. The molecule has 1 aliphatic heterocycles. The summed E-state index contributed by atoms with van der Waals surface area (Å²) in [5, 5.41) is 0. The van der Waals surface area contributed by atoms with E-state index in [-0.39, 0.29) is 0 Å². The van der Waals surface area contributed by atoms with E-state index in [1.807, 2.05) is 18.2 Å². The zero-order valence-electron chi connectivity index (χ0n) is 13.8. The molecule has 122 valence electrons. The van der Waals surface area contributed by atoms with E-state index >= 15 is 0 Å². The summed E-state index contributed by atoms with van der Waals surface area (Å²) >= 11 is 0. The van der Waals surface area contributed by atoms with Crippen molar-refractivity contribution in [1.29, 1.82) is 0 Å². The van der Waals surface area contributed by atoms with Crippen LogP contribution in [0.25, 0.3) is 0 Å². The SMILES string of the molecule is CCC(=CCCOc1ccc2c(c1)OCO2)CCOC(C)C. The average molecular weight is 306 g/mol. The van der Waals surface area contributed by atoms with Crippen LogP contribution in [0.1, 0.15) is 40.0 Å². The van der Waals surface area contributed by atoms with Gasteiger partial charge in [0.2, 0.25) is 6.79 Å². The lowest BCUT2D eigenvalue weighted by molar-refractivity contribution is 0.0810. The van der Waals surface area contributed by atoms with Crippen LogP contribution in [-0.2, 0) is 4.74 Å². The number of hydrogen-bond acceptors (Lipinski definition) is 4. The molecule has 0 aromatic heterocycles. The Hall–Kier alpha value is -1.68. The molecule has 1 heterocycles. The molecule has 0 spiro atoms. The maximum Gasteiger partial charge on any atom is 0.231 e. The van der Waals surface area contributed by atoms with E-state index in [9.17, 15) is 0 Å². The number of benzene rings is 1. The summed E-state index contributed by atoms with van der Waals surface area (Å²) < 4.78 is 22.0. The topological polar surface area (TPSA) is 36.9 Å². The van der Waals surface area contributed by atoms with Crippen LogP contribution in [0, 0.1) is 0 Å². The lowest BCUT2D eigenvalue weighted by Gasteiger charge is -2.09. The highest BCUT2D eigenvalue weighted by atomic mass is 16.7. The number of rotatable bonds is 9. The minimum absolute atomic E-state index is 0.292. The molecular formula is C18H26O4. The first-order chi connectivity index (χ1) is 10.7. The zero-order chi connectivity index (χ0) is 15.8. The summed E-state index contributed by atoms with van der Waals surface area (Å²) in [6, 6.07) is 5.67. The van der Waals surface area contributed by atoms with Gasteiger partial charge in [-0.2, -0.15) is 0 Å². The van der Waals surface area contributed by atoms with Gasteiger partial charge >= 0.3 is 0 Å². The van der Waals surface area contributed by atoms with E-state index in [1.54, 1.807) is 0 Å². The molecule has 0 fully saturated rings. The van der Waals surface area contributed by atoms with Gasteiger partial charge in [0.25, 0.3) is 0 Å². The first-order valence-corrected chi connectivity index (χ1v) is 8.01. The van der Waals surface area contributed by atoms with E-state index in [2.05, 4.69) is 26.8 Å². The standard InChI is InChI=1S/C18H26O4/c1-4-15(9-11-19-14(2)3)6-5-10-20-16-7-8-17-18(12-16)22-13-21-17/h6-8,12,14H,4-5,9-11,13H2,1-3H3. The Kier molecular flexibility index (Phi) is 6.59. The Balaban J connectivity index is 1.71. The molecule has 0 amide bonds. The van der Waals surface area contributed by atoms with Gasteiger partial charge in [0.1, 0.15) is 5.75 Å². The Labute approximate surface area is 133 Å². The molecule has 0 aliphatic carbocycles. The maximum absolute atomic E-state index is 5.76. The van der Waals surface area contributed by atoms with Crippen LogP contribution in [0.15, 0.2) is 29.8 Å². The van der Waals surface area contributed by atoms with Crippen LogP contribution >= 0.6 is 0 Å². The van der Waals surface area contributed by atoms with Crippen LogP contribution in [0.2, 0.25) is 0 Å². The number of fused-ring (bicyclic) bond motifs is 1. The Morgan fingerprint density at radius 2 is 2.05 bits per heavy atom. The molecule has 4 heteroatoms. The third-order valence-electron chi connectivity index (χ3n) is 3.49. The normalized spacial score (nSPS) is 13.7. The monoisotopic (exact) mass is 306 g/mol. The van der Waals surface area contributed by atoms with Crippen molar-refractivity contribution < 1.29 is 18.9 Å². The van der Waals surface area contributed by atoms with Crippen molar-refractivity contribution in [3.63, 3.8) is 0 Å². The van der Waals surface area contributed by atoms with Crippen LogP contribution in [0.3, 0.4) is 0 Å². The summed E-state index contributed by atoms with van der Waals surface area (Å²) in [6.45, 7) is 8.05. The van der Waals surface area contributed by atoms with Crippen molar-refractivity contribution in [2.24, 2.45) is 0 Å². The largest absolute Gasteiger partial charge is 0.493 e. The van der Waals surface area contributed by atoms with E-state index in [4.69, 9.17) is 18.9 Å².